The highest BCUT2D eigenvalue weighted by Crippen LogP contribution is 2.16. The van der Waals surface area contributed by atoms with Gasteiger partial charge in [-0.3, -0.25) is 0 Å². The Kier molecular flexibility index (Phi) is 3.19. The Morgan fingerprint density at radius 3 is 2.85 bits per heavy atom. The van der Waals surface area contributed by atoms with Crippen molar-refractivity contribution in [3.63, 3.8) is 0 Å². The summed E-state index contributed by atoms with van der Waals surface area (Å²) >= 11 is 4.20. The van der Waals surface area contributed by atoms with E-state index in [9.17, 15) is 4.79 Å². The zero-order valence-corrected chi connectivity index (χ0v) is 8.04. The zero-order valence-electron chi connectivity index (χ0n) is 7.15. The van der Waals surface area contributed by atoms with Gasteiger partial charge in [0.25, 0.3) is 0 Å². The van der Waals surface area contributed by atoms with Gasteiger partial charge in [0.1, 0.15) is 6.61 Å². The second-order valence-electron chi connectivity index (χ2n) is 2.69. The minimum atomic E-state index is -1.27. The van der Waals surface area contributed by atoms with Crippen molar-refractivity contribution in [1.29, 1.82) is 0 Å². The van der Waals surface area contributed by atoms with Gasteiger partial charge in [-0.2, -0.15) is 0 Å². The minimum Gasteiger partial charge on any atom is -0.450 e. The third-order valence-electron chi connectivity index (χ3n) is 1.59. The molecule has 0 aromatic heterocycles. The van der Waals surface area contributed by atoms with Crippen LogP contribution in [0.15, 0.2) is 23.1 Å². The molecule has 0 spiro atoms. The van der Waals surface area contributed by atoms with Gasteiger partial charge in [0.2, 0.25) is 0 Å². The molecule has 0 unspecified atom stereocenters. The van der Waals surface area contributed by atoms with Crippen LogP contribution in [-0.2, 0) is 11.3 Å². The second kappa shape index (κ2) is 4.18. The molecule has 3 nitrogen and oxygen atoms in total. The van der Waals surface area contributed by atoms with Crippen molar-refractivity contribution in [1.82, 2.24) is 0 Å². The van der Waals surface area contributed by atoms with Crippen LogP contribution in [0.3, 0.4) is 0 Å². The number of hydrogen-bond acceptors (Lipinski definition) is 3. The van der Waals surface area contributed by atoms with Gasteiger partial charge in [-0.25, -0.2) is 4.79 Å². The van der Waals surface area contributed by atoms with E-state index >= 15 is 0 Å². The van der Waals surface area contributed by atoms with Gasteiger partial charge in [0.05, 0.1) is 0 Å². The molecule has 0 saturated heterocycles. The molecule has 0 atom stereocenters. The van der Waals surface area contributed by atoms with Crippen molar-refractivity contribution in [2.75, 3.05) is 0 Å². The molecule has 1 N–H and O–H groups in total. The van der Waals surface area contributed by atoms with Gasteiger partial charge in [-0.1, -0.05) is 17.7 Å². The summed E-state index contributed by atoms with van der Waals surface area (Å²) in [6.07, 6.45) is -1.27. The van der Waals surface area contributed by atoms with Gasteiger partial charge in [0.15, 0.2) is 0 Å². The Bertz CT molecular complexity index is 323. The van der Waals surface area contributed by atoms with Gasteiger partial charge in [-0.05, 0) is 13.0 Å². The van der Waals surface area contributed by atoms with Crippen molar-refractivity contribution in [3.05, 3.63) is 29.3 Å². The molecule has 0 saturated carbocycles. The maximum Gasteiger partial charge on any atom is 0.506 e. The molecule has 1 rings (SSSR count). The third-order valence-corrected chi connectivity index (χ3v) is 2.01. The molecule has 0 aliphatic rings. The summed E-state index contributed by atoms with van der Waals surface area (Å²) in [4.78, 5) is 10.9. The molecular weight excluding hydrogens is 188 g/mol. The Labute approximate surface area is 81.8 Å². The number of benzene rings is 1. The Hall–Kier alpha value is -1.16. The number of aryl methyl sites for hydroxylation is 1. The van der Waals surface area contributed by atoms with Crippen molar-refractivity contribution >= 4 is 18.8 Å². The van der Waals surface area contributed by atoms with E-state index in [-0.39, 0.29) is 6.61 Å². The standard InChI is InChI=1S/C9H10O3S/c1-6-2-3-7(8(13)4-6)5-12-9(10)11/h2-4,13H,5H2,1H3,(H,10,11). The fourth-order valence-corrected chi connectivity index (χ4v) is 1.28. The third kappa shape index (κ3) is 2.99. The summed E-state index contributed by atoms with van der Waals surface area (Å²) in [6, 6.07) is 5.56. The lowest BCUT2D eigenvalue weighted by Crippen LogP contribution is -2.00. The summed E-state index contributed by atoms with van der Waals surface area (Å²) in [5.74, 6) is 0. The van der Waals surface area contributed by atoms with E-state index in [0.717, 1.165) is 16.0 Å². The maximum absolute atomic E-state index is 10.1. The van der Waals surface area contributed by atoms with Crippen LogP contribution < -0.4 is 0 Å². The number of thiol groups is 1. The molecule has 1 aromatic rings. The molecule has 0 fully saturated rings. The number of ether oxygens (including phenoxy) is 1. The zero-order chi connectivity index (χ0) is 9.84. The van der Waals surface area contributed by atoms with E-state index < -0.39 is 6.16 Å². The second-order valence-corrected chi connectivity index (χ2v) is 3.17. The molecule has 70 valence electrons. The van der Waals surface area contributed by atoms with E-state index in [0.29, 0.717) is 0 Å². The van der Waals surface area contributed by atoms with Crippen LogP contribution in [0.2, 0.25) is 0 Å². The topological polar surface area (TPSA) is 46.5 Å². The van der Waals surface area contributed by atoms with E-state index in [1.165, 1.54) is 0 Å². The predicted octanol–water partition coefficient (Wildman–Crippen LogP) is 2.48. The quantitative estimate of drug-likeness (QED) is 0.567. The molecule has 0 bridgehead atoms. The lowest BCUT2D eigenvalue weighted by atomic mass is 10.2. The van der Waals surface area contributed by atoms with E-state index in [1.807, 2.05) is 19.1 Å². The largest absolute Gasteiger partial charge is 0.506 e. The van der Waals surface area contributed by atoms with Gasteiger partial charge in [0, 0.05) is 10.5 Å². The van der Waals surface area contributed by atoms with Crippen molar-refractivity contribution in [2.24, 2.45) is 0 Å². The maximum atomic E-state index is 10.1. The first-order valence-electron chi connectivity index (χ1n) is 3.74. The lowest BCUT2D eigenvalue weighted by molar-refractivity contribution is 0.0847. The summed E-state index contributed by atoms with van der Waals surface area (Å²) in [6.45, 7) is 2.00. The van der Waals surface area contributed by atoms with Crippen molar-refractivity contribution < 1.29 is 14.6 Å². The van der Waals surface area contributed by atoms with Crippen LogP contribution in [-0.4, -0.2) is 11.3 Å². The highest BCUT2D eigenvalue weighted by Gasteiger charge is 2.02. The van der Waals surface area contributed by atoms with E-state index in [2.05, 4.69) is 17.4 Å². The highest BCUT2D eigenvalue weighted by molar-refractivity contribution is 7.80. The van der Waals surface area contributed by atoms with E-state index in [4.69, 9.17) is 5.11 Å². The monoisotopic (exact) mass is 198 g/mol. The Morgan fingerprint density at radius 1 is 1.62 bits per heavy atom. The van der Waals surface area contributed by atoms with Crippen LogP contribution in [0.4, 0.5) is 4.79 Å². The summed E-state index contributed by atoms with van der Waals surface area (Å²) < 4.78 is 4.42. The molecule has 0 aliphatic heterocycles. The van der Waals surface area contributed by atoms with Crippen LogP contribution in [0.1, 0.15) is 11.1 Å². The van der Waals surface area contributed by atoms with Crippen LogP contribution in [0, 0.1) is 6.92 Å². The smallest absolute Gasteiger partial charge is 0.450 e. The number of carboxylic acid groups (broad SMARTS) is 1. The molecular formula is C9H10O3S. The highest BCUT2D eigenvalue weighted by atomic mass is 32.1. The first-order valence-corrected chi connectivity index (χ1v) is 4.18. The molecule has 13 heavy (non-hydrogen) atoms. The first kappa shape index (κ1) is 9.92. The van der Waals surface area contributed by atoms with Crippen molar-refractivity contribution in [2.45, 2.75) is 18.4 Å². The van der Waals surface area contributed by atoms with Crippen LogP contribution in [0.5, 0.6) is 0 Å². The average molecular weight is 198 g/mol. The molecule has 0 amide bonds. The summed E-state index contributed by atoms with van der Waals surface area (Å²) in [5, 5.41) is 8.27. The number of rotatable bonds is 2. The number of hydrogen-bond donors (Lipinski definition) is 2. The normalized spacial score (nSPS) is 9.69. The molecule has 1 aromatic carbocycles. The fourth-order valence-electron chi connectivity index (χ4n) is 0.935. The minimum absolute atomic E-state index is 0.0500. The van der Waals surface area contributed by atoms with Crippen LogP contribution >= 0.6 is 12.6 Å². The summed E-state index contributed by atoms with van der Waals surface area (Å²) in [5.41, 5.74) is 1.86. The molecule has 0 aliphatic carbocycles. The van der Waals surface area contributed by atoms with E-state index in [1.54, 1.807) is 6.07 Å². The molecule has 0 heterocycles. The first-order chi connectivity index (χ1) is 6.09. The Morgan fingerprint density at radius 2 is 2.31 bits per heavy atom. The van der Waals surface area contributed by atoms with Crippen molar-refractivity contribution in [3.8, 4) is 0 Å². The fraction of sp³-hybridized carbons (Fsp3) is 0.222. The lowest BCUT2D eigenvalue weighted by Gasteiger charge is -2.04. The van der Waals surface area contributed by atoms with Gasteiger partial charge >= 0.3 is 6.16 Å². The SMILES string of the molecule is Cc1ccc(COC(=O)O)c(S)c1. The van der Waals surface area contributed by atoms with Gasteiger partial charge in [-0.15, -0.1) is 12.6 Å². The molecule has 4 heteroatoms. The molecule has 0 radical (unpaired) electrons. The van der Waals surface area contributed by atoms with Crippen LogP contribution in [0.25, 0.3) is 0 Å². The van der Waals surface area contributed by atoms with Gasteiger partial charge < -0.3 is 9.84 Å². The average Bonchev–Trinajstić information content (AvgIpc) is 2.02. The Balaban J connectivity index is 2.72. The predicted molar refractivity (Wildman–Crippen MR) is 51.2 cm³/mol. The number of carbonyl (C=O) groups is 1. The summed E-state index contributed by atoms with van der Waals surface area (Å²) in [7, 11) is 0.